The van der Waals surface area contributed by atoms with Gasteiger partial charge < -0.3 is 9.73 Å². The molecule has 2 aliphatic rings. The van der Waals surface area contributed by atoms with Gasteiger partial charge >= 0.3 is 11.8 Å². The number of aromatic nitrogens is 5. The second-order valence-electron chi connectivity index (χ2n) is 12.4. The van der Waals surface area contributed by atoms with Gasteiger partial charge in [-0.15, -0.1) is 10.2 Å². The van der Waals surface area contributed by atoms with E-state index in [9.17, 15) is 4.79 Å². The Balaban J connectivity index is 1.26. The van der Waals surface area contributed by atoms with E-state index in [1.54, 1.807) is 0 Å². The van der Waals surface area contributed by atoms with Crippen LogP contribution in [-0.2, 0) is 18.3 Å². The van der Waals surface area contributed by atoms with Crippen molar-refractivity contribution in [2.75, 3.05) is 0 Å². The maximum atomic E-state index is 13.1. The molecule has 0 fully saturated rings. The van der Waals surface area contributed by atoms with Gasteiger partial charge in [-0.25, -0.2) is 9.98 Å². The minimum absolute atomic E-state index is 0.00895. The third-order valence-electron chi connectivity index (χ3n) is 7.96. The summed E-state index contributed by atoms with van der Waals surface area (Å²) in [6.45, 7) is 12.2. The number of fused-ring (bicyclic) bond motifs is 2. The van der Waals surface area contributed by atoms with Gasteiger partial charge in [0.15, 0.2) is 5.82 Å². The Hall–Kier alpha value is -4.14. The molecule has 1 N–H and O–H groups in total. The lowest BCUT2D eigenvalue weighted by molar-refractivity contribution is 0.0896. The van der Waals surface area contributed by atoms with Crippen LogP contribution in [0, 0.1) is 6.92 Å². The first kappa shape index (κ1) is 27.1. The quantitative estimate of drug-likeness (QED) is 0.288. The van der Waals surface area contributed by atoms with E-state index >= 15 is 0 Å². The predicted octanol–water partition coefficient (Wildman–Crippen LogP) is 6.39. The summed E-state index contributed by atoms with van der Waals surface area (Å²) < 4.78 is 7.69. The van der Waals surface area contributed by atoms with Gasteiger partial charge in [0.25, 0.3) is 0 Å². The van der Waals surface area contributed by atoms with E-state index in [-0.39, 0.29) is 23.3 Å². The highest BCUT2D eigenvalue weighted by Crippen LogP contribution is 2.38. The number of hydrogen-bond acceptors (Lipinski definition) is 7. The zero-order valence-corrected chi connectivity index (χ0v) is 24.7. The first-order valence-electron chi connectivity index (χ1n) is 14.5. The van der Waals surface area contributed by atoms with Crippen molar-refractivity contribution in [2.24, 2.45) is 4.99 Å². The van der Waals surface area contributed by atoms with Crippen LogP contribution in [0.4, 0.5) is 5.82 Å². The Morgan fingerprint density at radius 3 is 2.68 bits per heavy atom. The number of nitrogens with zero attached hydrogens (tertiary/aromatic N) is 6. The summed E-state index contributed by atoms with van der Waals surface area (Å²) in [5.41, 5.74) is 8.60. The fourth-order valence-electron chi connectivity index (χ4n) is 5.68. The minimum Gasteiger partial charge on any atom is -0.416 e. The van der Waals surface area contributed by atoms with E-state index in [0.717, 1.165) is 77.1 Å². The van der Waals surface area contributed by atoms with Crippen LogP contribution in [0.5, 0.6) is 0 Å². The first-order valence-corrected chi connectivity index (χ1v) is 14.5. The molecule has 41 heavy (non-hydrogen) atoms. The number of nitrogens with one attached hydrogen (secondary N) is 1. The lowest BCUT2D eigenvalue weighted by Gasteiger charge is -2.20. The molecule has 9 heteroatoms. The largest absolute Gasteiger partial charge is 0.416 e. The molecular weight excluding hydrogens is 514 g/mol. The van der Waals surface area contributed by atoms with Crippen molar-refractivity contribution < 1.29 is 9.21 Å². The molecule has 1 atom stereocenters. The van der Waals surface area contributed by atoms with Gasteiger partial charge in [0.1, 0.15) is 0 Å². The number of carbonyl (C=O) groups is 1. The molecule has 4 aromatic rings. The summed E-state index contributed by atoms with van der Waals surface area (Å²) in [6.07, 6.45) is 8.58. The van der Waals surface area contributed by atoms with Crippen LogP contribution >= 0.6 is 0 Å². The number of pyridine rings is 1. The molecule has 4 heterocycles. The fraction of sp³-hybridized carbons (Fsp3) is 0.438. The van der Waals surface area contributed by atoms with Crippen molar-refractivity contribution >= 4 is 17.4 Å². The molecule has 212 valence electrons. The smallest absolute Gasteiger partial charge is 0.309 e. The SMILES string of the molecule is Cc1nn(C(C)C)cc1C1=Nc2nccc(-c3ccc4c(c3)CCCC[C@H]4NC(=O)c3nnc(C(C)(C)C)o3)c2C1. The summed E-state index contributed by atoms with van der Waals surface area (Å²) in [5.74, 6) is 0.912. The standard InChI is InChI=1S/C32H37N7O2/c1-18(2)39-17-25(19(3)38-39)27-16-24-22(13-14-33-28(24)34-27)21-11-12-23-20(15-21)9-7-8-10-26(23)35-29(40)30-36-37-31(41-30)32(4,5)6/h11-15,17-18,26H,7-10,16H2,1-6H3,(H,35,40)/t26-/m1/s1. The van der Waals surface area contributed by atoms with Gasteiger partial charge in [-0.05, 0) is 68.4 Å². The van der Waals surface area contributed by atoms with Crippen LogP contribution in [0.15, 0.2) is 46.1 Å². The van der Waals surface area contributed by atoms with E-state index < -0.39 is 0 Å². The third-order valence-corrected chi connectivity index (χ3v) is 7.96. The summed E-state index contributed by atoms with van der Waals surface area (Å²) in [4.78, 5) is 22.6. The number of hydrogen-bond donors (Lipinski definition) is 1. The Morgan fingerprint density at radius 2 is 1.95 bits per heavy atom. The minimum atomic E-state index is -0.331. The topological polar surface area (TPSA) is 111 Å². The average molecular weight is 552 g/mol. The lowest BCUT2D eigenvalue weighted by atomic mass is 9.91. The van der Waals surface area contributed by atoms with Crippen molar-refractivity contribution in [3.05, 3.63) is 76.4 Å². The molecule has 0 unspecified atom stereocenters. The van der Waals surface area contributed by atoms with E-state index in [1.807, 2.05) is 38.6 Å². The Morgan fingerprint density at radius 1 is 1.12 bits per heavy atom. The van der Waals surface area contributed by atoms with Crippen molar-refractivity contribution in [1.29, 1.82) is 0 Å². The molecule has 0 bridgehead atoms. The van der Waals surface area contributed by atoms with E-state index in [4.69, 9.17) is 9.41 Å². The molecule has 1 aromatic carbocycles. The molecule has 0 radical (unpaired) electrons. The summed E-state index contributed by atoms with van der Waals surface area (Å²) in [7, 11) is 0. The fourth-order valence-corrected chi connectivity index (χ4v) is 5.68. The maximum absolute atomic E-state index is 13.1. The van der Waals surface area contributed by atoms with E-state index in [1.165, 1.54) is 5.56 Å². The van der Waals surface area contributed by atoms with Gasteiger partial charge in [-0.1, -0.05) is 45.4 Å². The molecule has 1 aliphatic heterocycles. The number of carbonyl (C=O) groups excluding carboxylic acids is 1. The monoisotopic (exact) mass is 551 g/mol. The van der Waals surface area contributed by atoms with Crippen LogP contribution in [0.1, 0.15) is 110 Å². The Kier molecular flexibility index (Phi) is 6.83. The molecular formula is C32H37N7O2. The molecule has 0 saturated heterocycles. The van der Waals surface area contributed by atoms with E-state index in [2.05, 4.69) is 69.9 Å². The highest BCUT2D eigenvalue weighted by molar-refractivity contribution is 6.07. The van der Waals surface area contributed by atoms with Crippen LogP contribution in [0.3, 0.4) is 0 Å². The number of aliphatic imine (C=N–C) groups is 1. The van der Waals surface area contributed by atoms with Crippen molar-refractivity contribution in [2.45, 2.75) is 91.1 Å². The molecule has 6 rings (SSSR count). The highest BCUT2D eigenvalue weighted by atomic mass is 16.4. The number of benzene rings is 1. The molecule has 0 saturated carbocycles. The number of aryl methyl sites for hydroxylation is 2. The van der Waals surface area contributed by atoms with Crippen molar-refractivity contribution in [3.8, 4) is 11.1 Å². The van der Waals surface area contributed by atoms with Crippen LogP contribution in [-0.4, -0.2) is 36.6 Å². The molecule has 9 nitrogen and oxygen atoms in total. The van der Waals surface area contributed by atoms with Crippen molar-refractivity contribution in [3.63, 3.8) is 0 Å². The molecule has 0 spiro atoms. The van der Waals surface area contributed by atoms with Gasteiger partial charge in [-0.2, -0.15) is 5.10 Å². The second-order valence-corrected chi connectivity index (χ2v) is 12.4. The summed E-state index contributed by atoms with van der Waals surface area (Å²) >= 11 is 0. The van der Waals surface area contributed by atoms with E-state index in [0.29, 0.717) is 11.9 Å². The zero-order valence-electron chi connectivity index (χ0n) is 24.7. The third kappa shape index (κ3) is 5.21. The van der Waals surface area contributed by atoms with Gasteiger partial charge in [0.05, 0.1) is 17.4 Å². The molecule has 1 aliphatic carbocycles. The second kappa shape index (κ2) is 10.4. The lowest BCUT2D eigenvalue weighted by Crippen LogP contribution is -2.29. The number of rotatable bonds is 5. The maximum Gasteiger partial charge on any atom is 0.309 e. The highest BCUT2D eigenvalue weighted by Gasteiger charge is 2.28. The Bertz CT molecular complexity index is 1650. The summed E-state index contributed by atoms with van der Waals surface area (Å²) in [6, 6.07) is 8.86. The van der Waals surface area contributed by atoms with Crippen molar-refractivity contribution in [1.82, 2.24) is 30.3 Å². The predicted molar refractivity (Wildman–Crippen MR) is 158 cm³/mol. The van der Waals surface area contributed by atoms with Gasteiger partial charge in [-0.3, -0.25) is 9.48 Å². The molecule has 3 aromatic heterocycles. The first-order chi connectivity index (χ1) is 19.6. The average Bonchev–Trinajstić information content (AvgIpc) is 3.65. The van der Waals surface area contributed by atoms with Gasteiger partial charge in [0, 0.05) is 41.4 Å². The normalized spacial score (nSPS) is 16.8. The van der Waals surface area contributed by atoms with Gasteiger partial charge in [0.2, 0.25) is 5.89 Å². The number of amides is 1. The summed E-state index contributed by atoms with van der Waals surface area (Å²) in [5, 5.41) is 15.9. The van der Waals surface area contributed by atoms with Crippen LogP contribution < -0.4 is 5.32 Å². The zero-order chi connectivity index (χ0) is 28.9. The van der Waals surface area contributed by atoms with Crippen LogP contribution in [0.25, 0.3) is 11.1 Å². The van der Waals surface area contributed by atoms with Crippen LogP contribution in [0.2, 0.25) is 0 Å². The molecule has 1 amide bonds. The Labute approximate surface area is 240 Å².